The molecule has 2 rings (SSSR count). The number of anilines is 1. The van der Waals surface area contributed by atoms with Gasteiger partial charge < -0.3 is 15.0 Å². The molecule has 1 heterocycles. The summed E-state index contributed by atoms with van der Waals surface area (Å²) in [6.07, 6.45) is 2.24. The maximum absolute atomic E-state index is 12.2. The number of nitrogens with one attached hydrogen (secondary N) is 1. The molecule has 5 heteroatoms. The van der Waals surface area contributed by atoms with Crippen LogP contribution >= 0.6 is 11.6 Å². The number of carbonyl (C=O) groups excluding carboxylic acids is 1. The van der Waals surface area contributed by atoms with Crippen LogP contribution in [0.4, 0.5) is 10.5 Å². The standard InChI is InChI=1S/C14H19ClN2O2/c1-10-4-3-7-17(9-10)14(18)16-12-8-11(15)5-6-13(12)19-2/h5-6,8,10H,3-4,7,9H2,1-2H3,(H,16,18)/t10-/m0/s1. The summed E-state index contributed by atoms with van der Waals surface area (Å²) in [6.45, 7) is 3.77. The van der Waals surface area contributed by atoms with E-state index in [4.69, 9.17) is 16.3 Å². The van der Waals surface area contributed by atoms with Crippen molar-refractivity contribution in [2.75, 3.05) is 25.5 Å². The SMILES string of the molecule is COc1ccc(Cl)cc1NC(=O)N1CCC[C@H](C)C1. The van der Waals surface area contributed by atoms with E-state index in [0.717, 1.165) is 19.5 Å². The lowest BCUT2D eigenvalue weighted by Gasteiger charge is -2.31. The third-order valence-electron chi connectivity index (χ3n) is 3.35. The molecular weight excluding hydrogens is 264 g/mol. The molecule has 0 saturated carbocycles. The van der Waals surface area contributed by atoms with Crippen LogP contribution in [-0.2, 0) is 0 Å². The van der Waals surface area contributed by atoms with E-state index in [9.17, 15) is 4.79 Å². The number of urea groups is 1. The predicted octanol–water partition coefficient (Wildman–Crippen LogP) is 3.61. The minimum atomic E-state index is -0.0906. The van der Waals surface area contributed by atoms with E-state index in [2.05, 4.69) is 12.2 Å². The lowest BCUT2D eigenvalue weighted by molar-refractivity contribution is 0.182. The van der Waals surface area contributed by atoms with E-state index in [1.807, 2.05) is 4.90 Å². The number of carbonyl (C=O) groups is 1. The van der Waals surface area contributed by atoms with Crippen LogP contribution in [-0.4, -0.2) is 31.1 Å². The number of nitrogens with zero attached hydrogens (tertiary/aromatic N) is 1. The van der Waals surface area contributed by atoms with Crippen molar-refractivity contribution in [1.82, 2.24) is 4.90 Å². The molecular formula is C14H19ClN2O2. The molecule has 1 atom stereocenters. The largest absolute Gasteiger partial charge is 0.495 e. The molecule has 0 bridgehead atoms. The lowest BCUT2D eigenvalue weighted by Crippen LogP contribution is -2.41. The molecule has 0 aliphatic carbocycles. The minimum absolute atomic E-state index is 0.0906. The summed E-state index contributed by atoms with van der Waals surface area (Å²) in [6, 6.07) is 5.09. The second kappa shape index (κ2) is 6.15. The number of methoxy groups -OCH3 is 1. The zero-order chi connectivity index (χ0) is 13.8. The molecule has 1 saturated heterocycles. The number of ether oxygens (including phenoxy) is 1. The van der Waals surface area contributed by atoms with Gasteiger partial charge in [-0.3, -0.25) is 0 Å². The van der Waals surface area contributed by atoms with Gasteiger partial charge in [0.15, 0.2) is 0 Å². The highest BCUT2D eigenvalue weighted by Gasteiger charge is 2.21. The van der Waals surface area contributed by atoms with Crippen LogP contribution in [0.3, 0.4) is 0 Å². The smallest absolute Gasteiger partial charge is 0.321 e. The van der Waals surface area contributed by atoms with Gasteiger partial charge in [-0.15, -0.1) is 0 Å². The fourth-order valence-electron chi connectivity index (χ4n) is 2.35. The molecule has 2 amide bonds. The fraction of sp³-hybridized carbons (Fsp3) is 0.500. The predicted molar refractivity (Wildman–Crippen MR) is 77.0 cm³/mol. The number of benzene rings is 1. The highest BCUT2D eigenvalue weighted by atomic mass is 35.5. The monoisotopic (exact) mass is 282 g/mol. The summed E-state index contributed by atoms with van der Waals surface area (Å²) >= 11 is 5.95. The summed E-state index contributed by atoms with van der Waals surface area (Å²) in [4.78, 5) is 14.1. The van der Waals surface area contributed by atoms with Crippen molar-refractivity contribution in [2.45, 2.75) is 19.8 Å². The minimum Gasteiger partial charge on any atom is -0.495 e. The first kappa shape index (κ1) is 14.0. The van der Waals surface area contributed by atoms with Crippen LogP contribution in [0.1, 0.15) is 19.8 Å². The number of hydrogen-bond donors (Lipinski definition) is 1. The van der Waals surface area contributed by atoms with Gasteiger partial charge in [0.2, 0.25) is 0 Å². The van der Waals surface area contributed by atoms with Crippen LogP contribution in [0.25, 0.3) is 0 Å². The highest BCUT2D eigenvalue weighted by Crippen LogP contribution is 2.28. The maximum atomic E-state index is 12.2. The lowest BCUT2D eigenvalue weighted by atomic mass is 10.0. The van der Waals surface area contributed by atoms with E-state index in [1.165, 1.54) is 6.42 Å². The van der Waals surface area contributed by atoms with Crippen LogP contribution < -0.4 is 10.1 Å². The first-order valence-corrected chi connectivity index (χ1v) is 6.87. The molecule has 0 unspecified atom stereocenters. The van der Waals surface area contributed by atoms with Gasteiger partial charge in [-0.25, -0.2) is 4.79 Å². The van der Waals surface area contributed by atoms with E-state index < -0.39 is 0 Å². The molecule has 1 aliphatic rings. The van der Waals surface area contributed by atoms with E-state index in [0.29, 0.717) is 22.4 Å². The quantitative estimate of drug-likeness (QED) is 0.900. The molecule has 19 heavy (non-hydrogen) atoms. The number of likely N-dealkylation sites (tertiary alicyclic amines) is 1. The Morgan fingerprint density at radius 1 is 1.53 bits per heavy atom. The number of halogens is 1. The van der Waals surface area contributed by atoms with Crippen molar-refractivity contribution >= 4 is 23.3 Å². The molecule has 1 fully saturated rings. The number of amides is 2. The highest BCUT2D eigenvalue weighted by molar-refractivity contribution is 6.31. The van der Waals surface area contributed by atoms with Gasteiger partial charge in [0.1, 0.15) is 5.75 Å². The molecule has 0 radical (unpaired) electrons. The van der Waals surface area contributed by atoms with Gasteiger partial charge in [-0.1, -0.05) is 18.5 Å². The second-order valence-corrected chi connectivity index (χ2v) is 5.40. The summed E-state index contributed by atoms with van der Waals surface area (Å²) in [5, 5.41) is 3.44. The molecule has 1 N–H and O–H groups in total. The Bertz CT molecular complexity index is 465. The summed E-state index contributed by atoms with van der Waals surface area (Å²) in [5.74, 6) is 1.17. The summed E-state index contributed by atoms with van der Waals surface area (Å²) in [7, 11) is 1.57. The van der Waals surface area contributed by atoms with Gasteiger partial charge in [-0.05, 0) is 37.0 Å². The zero-order valence-electron chi connectivity index (χ0n) is 11.3. The van der Waals surface area contributed by atoms with Crippen LogP contribution in [0.15, 0.2) is 18.2 Å². The number of hydrogen-bond acceptors (Lipinski definition) is 2. The summed E-state index contributed by atoms with van der Waals surface area (Å²) < 4.78 is 5.22. The Morgan fingerprint density at radius 2 is 2.32 bits per heavy atom. The Labute approximate surface area is 118 Å². The van der Waals surface area contributed by atoms with E-state index >= 15 is 0 Å². The molecule has 4 nitrogen and oxygen atoms in total. The van der Waals surface area contributed by atoms with Gasteiger partial charge in [0, 0.05) is 18.1 Å². The van der Waals surface area contributed by atoms with Crippen molar-refractivity contribution < 1.29 is 9.53 Å². The molecule has 1 aliphatic heterocycles. The van der Waals surface area contributed by atoms with Crippen LogP contribution in [0, 0.1) is 5.92 Å². The Hall–Kier alpha value is -1.42. The van der Waals surface area contributed by atoms with Gasteiger partial charge in [0.05, 0.1) is 12.8 Å². The van der Waals surface area contributed by atoms with E-state index in [1.54, 1.807) is 25.3 Å². The fourth-order valence-corrected chi connectivity index (χ4v) is 2.52. The topological polar surface area (TPSA) is 41.6 Å². The Balaban J connectivity index is 2.07. The second-order valence-electron chi connectivity index (χ2n) is 4.97. The first-order valence-electron chi connectivity index (χ1n) is 6.49. The van der Waals surface area contributed by atoms with Crippen molar-refractivity contribution in [3.63, 3.8) is 0 Å². The molecule has 0 aromatic heterocycles. The van der Waals surface area contributed by atoms with Crippen LogP contribution in [0.2, 0.25) is 5.02 Å². The van der Waals surface area contributed by atoms with Gasteiger partial charge in [0.25, 0.3) is 0 Å². The Kier molecular flexibility index (Phi) is 4.53. The maximum Gasteiger partial charge on any atom is 0.321 e. The van der Waals surface area contributed by atoms with Crippen LogP contribution in [0.5, 0.6) is 5.75 Å². The molecule has 1 aromatic rings. The van der Waals surface area contributed by atoms with Gasteiger partial charge in [-0.2, -0.15) is 0 Å². The van der Waals surface area contributed by atoms with E-state index in [-0.39, 0.29) is 6.03 Å². The van der Waals surface area contributed by atoms with Crippen molar-refractivity contribution in [3.8, 4) is 5.75 Å². The van der Waals surface area contributed by atoms with Gasteiger partial charge >= 0.3 is 6.03 Å². The van der Waals surface area contributed by atoms with Crippen molar-refractivity contribution in [3.05, 3.63) is 23.2 Å². The summed E-state index contributed by atoms with van der Waals surface area (Å²) in [5.41, 5.74) is 0.609. The first-order chi connectivity index (χ1) is 9.10. The third-order valence-corrected chi connectivity index (χ3v) is 3.58. The average molecular weight is 283 g/mol. The number of rotatable bonds is 2. The average Bonchev–Trinajstić information content (AvgIpc) is 2.39. The molecule has 1 aromatic carbocycles. The zero-order valence-corrected chi connectivity index (χ0v) is 12.0. The molecule has 104 valence electrons. The normalized spacial score (nSPS) is 19.1. The molecule has 0 spiro atoms. The van der Waals surface area contributed by atoms with Crippen molar-refractivity contribution in [1.29, 1.82) is 0 Å². The number of piperidine rings is 1. The van der Waals surface area contributed by atoms with Crippen molar-refractivity contribution in [2.24, 2.45) is 5.92 Å². The third kappa shape index (κ3) is 3.53. The Morgan fingerprint density at radius 3 is 3.00 bits per heavy atom.